The monoisotopic (exact) mass is 369 g/mol. The summed E-state index contributed by atoms with van der Waals surface area (Å²) in [7, 11) is 1.97. The maximum Gasteiger partial charge on any atom is 0.239 e. The lowest BCUT2D eigenvalue weighted by molar-refractivity contribution is -0.137. The molecule has 132 valence electrons. The lowest BCUT2D eigenvalue weighted by atomic mass is 10.2. The number of amides is 1. The van der Waals surface area contributed by atoms with Gasteiger partial charge in [0.1, 0.15) is 0 Å². The van der Waals surface area contributed by atoms with E-state index >= 15 is 0 Å². The molecule has 0 saturated carbocycles. The van der Waals surface area contributed by atoms with Gasteiger partial charge in [-0.3, -0.25) is 14.1 Å². The second-order valence-corrected chi connectivity index (χ2v) is 7.49. The van der Waals surface area contributed by atoms with Crippen LogP contribution in [0.3, 0.4) is 0 Å². The molecule has 6 nitrogen and oxygen atoms in total. The van der Waals surface area contributed by atoms with Crippen molar-refractivity contribution < 1.29 is 4.79 Å². The maximum absolute atomic E-state index is 12.8. The zero-order chi connectivity index (χ0) is 17.3. The Bertz CT molecular complexity index is 706. The molecule has 1 fully saturated rings. The summed E-state index contributed by atoms with van der Waals surface area (Å²) in [5.41, 5.74) is 0.936. The zero-order valence-electron chi connectivity index (χ0n) is 14.4. The van der Waals surface area contributed by atoms with Gasteiger partial charge in [0.15, 0.2) is 10.1 Å². The molecule has 8 heteroatoms. The number of thiazole rings is 1. The minimum absolute atomic E-state index is 0.182. The molecule has 1 unspecified atom stereocenters. The smallest absolute Gasteiger partial charge is 0.239 e. The lowest BCUT2D eigenvalue weighted by Crippen LogP contribution is -2.53. The molecule has 0 aromatic carbocycles. The average Bonchev–Trinajstić information content (AvgIpc) is 3.16. The van der Waals surface area contributed by atoms with E-state index < -0.39 is 0 Å². The van der Waals surface area contributed by atoms with Crippen molar-refractivity contribution in [3.63, 3.8) is 0 Å². The molecule has 3 heterocycles. The van der Waals surface area contributed by atoms with Crippen molar-refractivity contribution in [2.45, 2.75) is 26.4 Å². The van der Waals surface area contributed by atoms with Crippen molar-refractivity contribution in [1.82, 2.24) is 24.1 Å². The highest BCUT2D eigenvalue weighted by molar-refractivity contribution is 7.15. The molecule has 0 bridgehead atoms. The number of hydrogen-bond acceptors (Lipinski definition) is 5. The number of carbonyl (C=O) groups is 1. The lowest BCUT2D eigenvalue weighted by Gasteiger charge is -2.37. The highest BCUT2D eigenvalue weighted by Gasteiger charge is 2.27. The Balaban J connectivity index is 1.64. The standard InChI is InChI=1S/C16H24ClN5OS/c1-4-20-5-7-21(8-6-20)15(23)12(2)19(3)11-13-14(17)18-16-22(13)9-10-24-16/h9-10,12H,4-8,11H2,1-3H3. The predicted molar refractivity (Wildman–Crippen MR) is 97.7 cm³/mol. The van der Waals surface area contributed by atoms with Crippen LogP contribution in [-0.2, 0) is 11.3 Å². The second-order valence-electron chi connectivity index (χ2n) is 6.26. The Morgan fingerprint density at radius 3 is 2.79 bits per heavy atom. The van der Waals surface area contributed by atoms with Crippen LogP contribution in [0.1, 0.15) is 19.5 Å². The highest BCUT2D eigenvalue weighted by Crippen LogP contribution is 2.23. The van der Waals surface area contributed by atoms with Crippen LogP contribution in [0.4, 0.5) is 0 Å². The Morgan fingerprint density at radius 1 is 1.42 bits per heavy atom. The van der Waals surface area contributed by atoms with Crippen molar-refractivity contribution in [1.29, 1.82) is 0 Å². The van der Waals surface area contributed by atoms with E-state index in [0.717, 1.165) is 43.4 Å². The Labute approximate surface area is 151 Å². The number of nitrogens with zero attached hydrogens (tertiary/aromatic N) is 5. The van der Waals surface area contributed by atoms with Crippen LogP contribution in [0.25, 0.3) is 4.96 Å². The van der Waals surface area contributed by atoms with E-state index in [9.17, 15) is 4.79 Å². The molecule has 1 atom stereocenters. The first-order valence-corrected chi connectivity index (χ1v) is 9.58. The van der Waals surface area contributed by atoms with Crippen LogP contribution < -0.4 is 0 Å². The van der Waals surface area contributed by atoms with E-state index in [2.05, 4.69) is 16.8 Å². The van der Waals surface area contributed by atoms with E-state index in [4.69, 9.17) is 11.6 Å². The van der Waals surface area contributed by atoms with Gasteiger partial charge in [-0.15, -0.1) is 11.3 Å². The Kier molecular flexibility index (Phi) is 5.44. The van der Waals surface area contributed by atoms with Crippen LogP contribution >= 0.6 is 22.9 Å². The largest absolute Gasteiger partial charge is 0.339 e. The van der Waals surface area contributed by atoms with Gasteiger partial charge in [-0.25, -0.2) is 4.98 Å². The quantitative estimate of drug-likeness (QED) is 0.809. The number of imidazole rings is 1. The third-order valence-corrected chi connectivity index (χ3v) is 5.92. The summed E-state index contributed by atoms with van der Waals surface area (Å²) in [4.78, 5) is 24.4. The van der Waals surface area contributed by atoms with Crippen molar-refractivity contribution >= 4 is 33.8 Å². The number of fused-ring (bicyclic) bond motifs is 1. The fourth-order valence-electron chi connectivity index (χ4n) is 3.06. The molecular formula is C16H24ClN5OS. The van der Waals surface area contributed by atoms with Gasteiger partial charge >= 0.3 is 0 Å². The molecule has 1 saturated heterocycles. The fourth-order valence-corrected chi connectivity index (χ4v) is 4.07. The first kappa shape index (κ1) is 17.7. The number of rotatable bonds is 5. The number of likely N-dealkylation sites (N-methyl/N-ethyl adjacent to an activating group) is 2. The molecule has 0 radical (unpaired) electrons. The molecule has 3 rings (SSSR count). The summed E-state index contributed by atoms with van der Waals surface area (Å²) >= 11 is 7.82. The van der Waals surface area contributed by atoms with Gasteiger partial charge in [0.2, 0.25) is 5.91 Å². The van der Waals surface area contributed by atoms with Crippen LogP contribution in [0, 0.1) is 0 Å². The molecule has 1 aliphatic rings. The summed E-state index contributed by atoms with van der Waals surface area (Å²) in [6.45, 7) is 9.32. The normalized spacial score (nSPS) is 17.8. The minimum Gasteiger partial charge on any atom is -0.339 e. The number of aromatic nitrogens is 2. The van der Waals surface area contributed by atoms with Crippen molar-refractivity contribution in [3.8, 4) is 0 Å². The summed E-state index contributed by atoms with van der Waals surface area (Å²) < 4.78 is 2.00. The molecular weight excluding hydrogens is 346 g/mol. The molecule has 0 spiro atoms. The molecule has 1 aliphatic heterocycles. The van der Waals surface area contributed by atoms with E-state index in [-0.39, 0.29) is 11.9 Å². The third-order valence-electron chi connectivity index (χ3n) is 4.86. The second kappa shape index (κ2) is 7.39. The van der Waals surface area contributed by atoms with Crippen LogP contribution in [0.15, 0.2) is 11.6 Å². The van der Waals surface area contributed by atoms with Gasteiger partial charge in [-0.1, -0.05) is 18.5 Å². The summed E-state index contributed by atoms with van der Waals surface area (Å²) in [6, 6.07) is -0.182. The molecule has 0 N–H and O–H groups in total. The zero-order valence-corrected chi connectivity index (χ0v) is 16.0. The van der Waals surface area contributed by atoms with E-state index in [1.807, 2.05) is 39.7 Å². The topological polar surface area (TPSA) is 44.1 Å². The van der Waals surface area contributed by atoms with Crippen LogP contribution in [-0.4, -0.2) is 75.8 Å². The van der Waals surface area contributed by atoms with Crippen molar-refractivity contribution in [3.05, 3.63) is 22.4 Å². The van der Waals surface area contributed by atoms with Crippen LogP contribution in [0.5, 0.6) is 0 Å². The van der Waals surface area contributed by atoms with E-state index in [1.165, 1.54) is 0 Å². The number of carbonyl (C=O) groups excluding carboxylic acids is 1. The SMILES string of the molecule is CCN1CCN(C(=O)C(C)N(C)Cc2c(Cl)nc3sccn23)CC1. The maximum atomic E-state index is 12.8. The van der Waals surface area contributed by atoms with E-state index in [1.54, 1.807) is 11.3 Å². The van der Waals surface area contributed by atoms with Gasteiger partial charge in [0, 0.05) is 44.3 Å². The molecule has 0 aliphatic carbocycles. The first-order valence-electron chi connectivity index (χ1n) is 8.32. The minimum atomic E-state index is -0.182. The summed E-state index contributed by atoms with van der Waals surface area (Å²) in [5, 5.41) is 2.51. The van der Waals surface area contributed by atoms with Gasteiger partial charge < -0.3 is 9.80 Å². The number of piperazine rings is 1. The van der Waals surface area contributed by atoms with Gasteiger partial charge in [-0.05, 0) is 20.5 Å². The number of halogens is 1. The Morgan fingerprint density at radius 2 is 2.12 bits per heavy atom. The van der Waals surface area contributed by atoms with E-state index in [0.29, 0.717) is 11.7 Å². The number of hydrogen-bond donors (Lipinski definition) is 0. The average molecular weight is 370 g/mol. The van der Waals surface area contributed by atoms with Gasteiger partial charge in [0.05, 0.1) is 11.7 Å². The molecule has 2 aromatic heterocycles. The first-order chi connectivity index (χ1) is 11.5. The van der Waals surface area contributed by atoms with Gasteiger partial charge in [-0.2, -0.15) is 0 Å². The highest BCUT2D eigenvalue weighted by atomic mass is 35.5. The Hall–Kier alpha value is -1.15. The summed E-state index contributed by atoms with van der Waals surface area (Å²) in [5.74, 6) is 0.190. The van der Waals surface area contributed by atoms with Crippen LogP contribution in [0.2, 0.25) is 5.15 Å². The third kappa shape index (κ3) is 3.44. The summed E-state index contributed by atoms with van der Waals surface area (Å²) in [6.07, 6.45) is 1.97. The van der Waals surface area contributed by atoms with Crippen molar-refractivity contribution in [2.75, 3.05) is 39.8 Å². The fraction of sp³-hybridized carbons (Fsp3) is 0.625. The predicted octanol–water partition coefficient (Wildman–Crippen LogP) is 2.03. The van der Waals surface area contributed by atoms with Gasteiger partial charge in [0.25, 0.3) is 0 Å². The molecule has 24 heavy (non-hydrogen) atoms. The molecule has 1 amide bonds. The molecule has 2 aromatic rings. The van der Waals surface area contributed by atoms with Crippen molar-refractivity contribution in [2.24, 2.45) is 0 Å².